The second-order valence-corrected chi connectivity index (χ2v) is 5.36. The number of aromatic nitrogens is 3. The van der Waals surface area contributed by atoms with Gasteiger partial charge >= 0.3 is 0 Å². The van der Waals surface area contributed by atoms with Crippen LogP contribution < -0.4 is 15.0 Å². The number of ether oxygens (including phenoxy) is 3. The Kier molecular flexibility index (Phi) is 4.26. The first-order valence-corrected chi connectivity index (χ1v) is 7.41. The Morgan fingerprint density at radius 2 is 1.88 bits per heavy atom. The molecule has 126 valence electrons. The molecule has 1 aromatic carbocycles. The van der Waals surface area contributed by atoms with E-state index in [1.807, 2.05) is 18.2 Å². The number of nitrogens with one attached hydrogen (secondary N) is 1. The highest BCUT2D eigenvalue weighted by atomic mass is 16.5. The average Bonchev–Trinajstić information content (AvgIpc) is 2.93. The zero-order chi connectivity index (χ0) is 17.3. The summed E-state index contributed by atoms with van der Waals surface area (Å²) in [4.78, 5) is 16.7. The fourth-order valence-corrected chi connectivity index (χ4v) is 2.74. The lowest BCUT2D eigenvalue weighted by Gasteiger charge is -2.10. The lowest BCUT2D eigenvalue weighted by atomic mass is 10.0. The number of hydrogen-bond donors (Lipinski definition) is 1. The number of aromatic amines is 1. The monoisotopic (exact) mass is 329 g/mol. The highest BCUT2D eigenvalue weighted by molar-refractivity contribution is 5.81. The second-order valence-electron chi connectivity index (χ2n) is 5.36. The molecule has 2 heterocycles. The van der Waals surface area contributed by atoms with Crippen molar-refractivity contribution in [3.63, 3.8) is 0 Å². The third-order valence-corrected chi connectivity index (χ3v) is 3.78. The predicted molar refractivity (Wildman–Crippen MR) is 89.8 cm³/mol. The van der Waals surface area contributed by atoms with Crippen molar-refractivity contribution in [1.82, 2.24) is 14.6 Å². The Morgan fingerprint density at radius 1 is 1.12 bits per heavy atom. The maximum absolute atomic E-state index is 12.2. The molecule has 0 aliphatic carbocycles. The maximum Gasteiger partial charge on any atom is 0.272 e. The molecule has 0 amide bonds. The van der Waals surface area contributed by atoms with Gasteiger partial charge in [-0.15, -0.1) is 0 Å². The van der Waals surface area contributed by atoms with Gasteiger partial charge in [-0.05, 0) is 24.6 Å². The van der Waals surface area contributed by atoms with Crippen LogP contribution in [0.25, 0.3) is 16.8 Å². The summed E-state index contributed by atoms with van der Waals surface area (Å²) in [5, 5.41) is 3.07. The molecular weight excluding hydrogens is 310 g/mol. The van der Waals surface area contributed by atoms with Gasteiger partial charge in [-0.2, -0.15) is 0 Å². The Labute approximate surface area is 138 Å². The van der Waals surface area contributed by atoms with Crippen molar-refractivity contribution in [2.75, 3.05) is 21.3 Å². The van der Waals surface area contributed by atoms with Crippen molar-refractivity contribution in [2.45, 2.75) is 13.5 Å². The minimum absolute atomic E-state index is 0.165. The van der Waals surface area contributed by atoms with Gasteiger partial charge in [-0.3, -0.25) is 9.89 Å². The Morgan fingerprint density at radius 3 is 2.54 bits per heavy atom. The van der Waals surface area contributed by atoms with Crippen LogP contribution in [0, 0.1) is 6.92 Å². The van der Waals surface area contributed by atoms with Crippen LogP contribution in [0.15, 0.2) is 29.1 Å². The number of rotatable bonds is 5. The molecular formula is C17H19N3O4. The third kappa shape index (κ3) is 2.63. The van der Waals surface area contributed by atoms with Crippen LogP contribution in [-0.4, -0.2) is 35.9 Å². The smallest absolute Gasteiger partial charge is 0.272 e. The molecule has 0 aliphatic heterocycles. The summed E-state index contributed by atoms with van der Waals surface area (Å²) in [5.41, 5.74) is 3.47. The van der Waals surface area contributed by atoms with E-state index in [2.05, 4.69) is 10.1 Å². The van der Waals surface area contributed by atoms with Crippen LogP contribution >= 0.6 is 0 Å². The van der Waals surface area contributed by atoms with Gasteiger partial charge in [0.25, 0.3) is 5.56 Å². The Balaban J connectivity index is 2.31. The second kappa shape index (κ2) is 6.37. The average molecular weight is 329 g/mol. The van der Waals surface area contributed by atoms with Crippen LogP contribution in [0.1, 0.15) is 11.4 Å². The van der Waals surface area contributed by atoms with E-state index >= 15 is 0 Å². The molecule has 0 radical (unpaired) electrons. The van der Waals surface area contributed by atoms with E-state index in [-0.39, 0.29) is 5.56 Å². The molecule has 0 unspecified atom stereocenters. The van der Waals surface area contributed by atoms with Crippen molar-refractivity contribution in [3.05, 3.63) is 46.0 Å². The quantitative estimate of drug-likeness (QED) is 0.776. The molecule has 0 aliphatic rings. The van der Waals surface area contributed by atoms with Gasteiger partial charge in [-0.25, -0.2) is 9.50 Å². The summed E-state index contributed by atoms with van der Waals surface area (Å²) in [6.07, 6.45) is 0. The van der Waals surface area contributed by atoms with Gasteiger partial charge in [0.15, 0.2) is 17.1 Å². The predicted octanol–water partition coefficient (Wildman–Crippen LogP) is 2.16. The lowest BCUT2D eigenvalue weighted by molar-refractivity contribution is 0.181. The van der Waals surface area contributed by atoms with Gasteiger partial charge in [0.1, 0.15) is 0 Å². The number of benzene rings is 1. The molecule has 7 nitrogen and oxygen atoms in total. The maximum atomic E-state index is 12.2. The van der Waals surface area contributed by atoms with Crippen LogP contribution in [0.4, 0.5) is 0 Å². The lowest BCUT2D eigenvalue weighted by Crippen LogP contribution is -2.14. The highest BCUT2D eigenvalue weighted by Crippen LogP contribution is 2.35. The van der Waals surface area contributed by atoms with Crippen molar-refractivity contribution in [1.29, 1.82) is 0 Å². The highest BCUT2D eigenvalue weighted by Gasteiger charge is 2.18. The zero-order valence-electron chi connectivity index (χ0n) is 14.0. The first-order valence-electron chi connectivity index (χ1n) is 7.41. The summed E-state index contributed by atoms with van der Waals surface area (Å²) in [6, 6.07) is 7.06. The standard InChI is InChI=1S/C17H19N3O4/c1-10-7-15(21)20-17(18-10)16(12(19-20)9-22-2)11-5-6-13(23-3)14(8-11)24-4/h5-8,19H,9H2,1-4H3. The summed E-state index contributed by atoms with van der Waals surface area (Å²) in [7, 11) is 4.77. The molecule has 7 heteroatoms. The molecule has 24 heavy (non-hydrogen) atoms. The number of nitrogens with zero attached hydrogens (tertiary/aromatic N) is 2. The molecule has 3 rings (SSSR count). The fraction of sp³-hybridized carbons (Fsp3) is 0.294. The van der Waals surface area contributed by atoms with Gasteiger partial charge in [0, 0.05) is 24.4 Å². The molecule has 0 saturated heterocycles. The normalized spacial score (nSPS) is 11.0. The number of hydrogen-bond acceptors (Lipinski definition) is 5. The van der Waals surface area contributed by atoms with E-state index in [1.54, 1.807) is 28.3 Å². The SMILES string of the molecule is COCc1[nH]n2c(=O)cc(C)nc2c1-c1ccc(OC)c(OC)c1. The molecule has 0 atom stereocenters. The number of H-pyrrole nitrogens is 1. The fourth-order valence-electron chi connectivity index (χ4n) is 2.74. The van der Waals surface area contributed by atoms with Crippen molar-refractivity contribution in [3.8, 4) is 22.6 Å². The topological polar surface area (TPSA) is 77.9 Å². The van der Waals surface area contributed by atoms with Crippen molar-refractivity contribution < 1.29 is 14.2 Å². The van der Waals surface area contributed by atoms with Crippen LogP contribution in [0.5, 0.6) is 11.5 Å². The van der Waals surface area contributed by atoms with Crippen molar-refractivity contribution >= 4 is 5.65 Å². The number of fused-ring (bicyclic) bond motifs is 1. The van der Waals surface area contributed by atoms with Crippen LogP contribution in [0.3, 0.4) is 0 Å². The van der Waals surface area contributed by atoms with Gasteiger partial charge in [-0.1, -0.05) is 6.07 Å². The van der Waals surface area contributed by atoms with E-state index < -0.39 is 0 Å². The summed E-state index contributed by atoms with van der Waals surface area (Å²) >= 11 is 0. The Hall–Kier alpha value is -2.80. The Bertz CT molecular complexity index is 943. The first kappa shape index (κ1) is 16.1. The summed E-state index contributed by atoms with van der Waals surface area (Å²) in [5.74, 6) is 1.24. The molecule has 2 aromatic heterocycles. The van der Waals surface area contributed by atoms with E-state index in [0.717, 1.165) is 16.8 Å². The third-order valence-electron chi connectivity index (χ3n) is 3.78. The molecule has 0 fully saturated rings. The summed E-state index contributed by atoms with van der Waals surface area (Å²) in [6.45, 7) is 2.12. The summed E-state index contributed by atoms with van der Waals surface area (Å²) < 4.78 is 17.3. The molecule has 1 N–H and O–H groups in total. The van der Waals surface area contributed by atoms with E-state index in [9.17, 15) is 4.79 Å². The largest absolute Gasteiger partial charge is 0.493 e. The van der Waals surface area contributed by atoms with E-state index in [0.29, 0.717) is 29.4 Å². The number of methoxy groups -OCH3 is 3. The molecule has 0 bridgehead atoms. The zero-order valence-corrected chi connectivity index (χ0v) is 14.0. The minimum atomic E-state index is -0.165. The van der Waals surface area contributed by atoms with E-state index in [4.69, 9.17) is 14.2 Å². The molecule has 0 saturated carbocycles. The minimum Gasteiger partial charge on any atom is -0.493 e. The number of aryl methyl sites for hydroxylation is 1. The first-order chi connectivity index (χ1) is 11.6. The van der Waals surface area contributed by atoms with Gasteiger partial charge < -0.3 is 14.2 Å². The van der Waals surface area contributed by atoms with E-state index in [1.165, 1.54) is 10.6 Å². The van der Waals surface area contributed by atoms with Crippen LogP contribution in [-0.2, 0) is 11.3 Å². The van der Waals surface area contributed by atoms with Gasteiger partial charge in [0.2, 0.25) is 0 Å². The molecule has 3 aromatic rings. The van der Waals surface area contributed by atoms with Gasteiger partial charge in [0.05, 0.1) is 26.5 Å². The van der Waals surface area contributed by atoms with Crippen molar-refractivity contribution in [2.24, 2.45) is 0 Å². The molecule has 0 spiro atoms. The van der Waals surface area contributed by atoms with Crippen LogP contribution in [0.2, 0.25) is 0 Å².